The lowest BCUT2D eigenvalue weighted by Crippen LogP contribution is -1.87. The van der Waals surface area contributed by atoms with Gasteiger partial charge in [0.05, 0.1) is 0 Å². The summed E-state index contributed by atoms with van der Waals surface area (Å²) in [6.45, 7) is 0. The van der Waals surface area contributed by atoms with Crippen LogP contribution in [0.4, 0.5) is 0 Å². The molecule has 0 spiro atoms. The fourth-order valence-electron chi connectivity index (χ4n) is 0. The zero-order chi connectivity index (χ0) is 6.08. The highest BCUT2D eigenvalue weighted by molar-refractivity contribution is 7.79. The summed E-state index contributed by atoms with van der Waals surface area (Å²) in [5.74, 6) is 0. The largest absolute Gasteiger partial charge is 0.305 e. The average Bonchev–Trinajstić information content (AvgIpc) is 1.31. The van der Waals surface area contributed by atoms with E-state index in [-0.39, 0.29) is 0 Å². The van der Waals surface area contributed by atoms with E-state index in [1.165, 1.54) is 0 Å². The maximum absolute atomic E-state index is 10.0. The molecule has 1 atom stereocenters. The predicted molar refractivity (Wildman–Crippen MR) is 35.1 cm³/mol. The van der Waals surface area contributed by atoms with Crippen molar-refractivity contribution in [2.24, 2.45) is 0 Å². The predicted octanol–water partition coefficient (Wildman–Crippen LogP) is 3.03. The molecule has 0 aromatic carbocycles. The van der Waals surface area contributed by atoms with Gasteiger partial charge in [0, 0.05) is 0 Å². The standard InChI is InChI=1S/CHCl4OP/c2-1(3,4)7(5)6/h7H. The second-order valence-electron chi connectivity index (χ2n) is 0.771. The van der Waals surface area contributed by atoms with E-state index >= 15 is 0 Å². The Labute approximate surface area is 61.4 Å². The Hall–Kier alpha value is 1.39. The molecule has 0 saturated heterocycles. The van der Waals surface area contributed by atoms with Gasteiger partial charge in [-0.25, -0.2) is 0 Å². The zero-order valence-electron chi connectivity index (χ0n) is 2.92. The van der Waals surface area contributed by atoms with Crippen LogP contribution in [0.1, 0.15) is 0 Å². The van der Waals surface area contributed by atoms with Gasteiger partial charge in [-0.05, 0) is 0 Å². The van der Waals surface area contributed by atoms with Crippen molar-refractivity contribution in [1.29, 1.82) is 0 Å². The van der Waals surface area contributed by atoms with Crippen molar-refractivity contribution in [3.05, 3.63) is 0 Å². The number of hydrogen-bond donors (Lipinski definition) is 0. The van der Waals surface area contributed by atoms with Gasteiger partial charge >= 0.3 is 0 Å². The summed E-state index contributed by atoms with van der Waals surface area (Å²) in [5, 5.41) is 0. The van der Waals surface area contributed by atoms with Gasteiger partial charge in [0.25, 0.3) is 3.53 Å². The number of hydrogen-bond acceptors (Lipinski definition) is 1. The molecule has 1 nitrogen and oxygen atoms in total. The van der Waals surface area contributed by atoms with Crippen LogP contribution >= 0.6 is 53.2 Å². The highest BCUT2D eigenvalue weighted by Crippen LogP contribution is 2.52. The van der Waals surface area contributed by atoms with Crippen LogP contribution in [0, 0.1) is 0 Å². The smallest absolute Gasteiger partial charge is 0.253 e. The van der Waals surface area contributed by atoms with Gasteiger partial charge in [-0.3, -0.25) is 0 Å². The molecule has 0 radical (unpaired) electrons. The molecule has 7 heavy (non-hydrogen) atoms. The molecule has 6 heteroatoms. The molecule has 1 unspecified atom stereocenters. The van der Waals surface area contributed by atoms with E-state index in [2.05, 4.69) is 0 Å². The molecule has 0 bridgehead atoms. The van der Waals surface area contributed by atoms with E-state index in [0.29, 0.717) is 0 Å². The summed E-state index contributed by atoms with van der Waals surface area (Å²) in [4.78, 5) is 0. The van der Waals surface area contributed by atoms with Gasteiger partial charge in [0.15, 0.2) is 0 Å². The Morgan fingerprint density at radius 3 is 1.43 bits per heavy atom. The first-order valence-corrected chi connectivity index (χ1v) is 4.76. The van der Waals surface area contributed by atoms with Crippen molar-refractivity contribution in [2.45, 2.75) is 3.53 Å². The average molecular weight is 202 g/mol. The third-order valence-electron chi connectivity index (χ3n) is 0.223. The summed E-state index contributed by atoms with van der Waals surface area (Å²) in [6.07, 6.45) is 0. The number of rotatable bonds is 0. The minimum atomic E-state index is -2.53. The molecule has 0 rings (SSSR count). The molecule has 0 aliphatic heterocycles. The fourth-order valence-corrected chi connectivity index (χ4v) is 0. The number of alkyl halides is 3. The van der Waals surface area contributed by atoms with Crippen molar-refractivity contribution >= 4 is 53.2 Å². The molecule has 0 heterocycles. The maximum Gasteiger partial charge on any atom is 0.253 e. The summed E-state index contributed by atoms with van der Waals surface area (Å²) in [5.41, 5.74) is 0. The first-order chi connectivity index (χ1) is 2.94. The Morgan fingerprint density at radius 1 is 1.29 bits per heavy atom. The fraction of sp³-hybridized carbons (Fsp3) is 1.00. The lowest BCUT2D eigenvalue weighted by atomic mass is 11.8. The molecular formula is CHCl4OP. The van der Waals surface area contributed by atoms with Crippen LogP contribution in [-0.4, -0.2) is 3.53 Å². The molecule has 0 amide bonds. The van der Waals surface area contributed by atoms with Crippen molar-refractivity contribution in [3.8, 4) is 0 Å². The van der Waals surface area contributed by atoms with E-state index in [0.717, 1.165) is 0 Å². The van der Waals surface area contributed by atoms with Crippen molar-refractivity contribution in [2.75, 3.05) is 0 Å². The quantitative estimate of drug-likeness (QED) is 0.435. The minimum absolute atomic E-state index is 1.77. The lowest BCUT2D eigenvalue weighted by molar-refractivity contribution is 0.596. The molecule has 0 aromatic rings. The second-order valence-corrected chi connectivity index (χ2v) is 6.33. The van der Waals surface area contributed by atoms with Gasteiger partial charge in [0.2, 0.25) is 7.15 Å². The maximum atomic E-state index is 10.0. The summed E-state index contributed by atoms with van der Waals surface area (Å²) in [6, 6.07) is 0. The normalized spacial score (nSPS) is 16.6. The second kappa shape index (κ2) is 2.80. The van der Waals surface area contributed by atoms with Crippen LogP contribution in [-0.2, 0) is 4.57 Å². The van der Waals surface area contributed by atoms with E-state index in [1.807, 2.05) is 0 Å². The molecule has 0 saturated carbocycles. The first-order valence-electron chi connectivity index (χ1n) is 1.21. The lowest BCUT2D eigenvalue weighted by Gasteiger charge is -2.01. The van der Waals surface area contributed by atoms with Crippen LogP contribution in [0.3, 0.4) is 0 Å². The summed E-state index contributed by atoms with van der Waals surface area (Å²) in [7, 11) is -2.53. The van der Waals surface area contributed by atoms with Crippen molar-refractivity contribution in [1.82, 2.24) is 0 Å². The van der Waals surface area contributed by atoms with E-state index in [9.17, 15) is 4.57 Å². The van der Waals surface area contributed by atoms with Gasteiger partial charge in [-0.15, -0.1) is 0 Å². The highest BCUT2D eigenvalue weighted by atomic mass is 35.7. The van der Waals surface area contributed by atoms with E-state index in [1.54, 1.807) is 0 Å². The monoisotopic (exact) mass is 200 g/mol. The Morgan fingerprint density at radius 2 is 1.43 bits per heavy atom. The van der Waals surface area contributed by atoms with Crippen LogP contribution < -0.4 is 0 Å². The van der Waals surface area contributed by atoms with E-state index < -0.39 is 10.7 Å². The molecular weight excluding hydrogens is 201 g/mol. The molecule has 0 aromatic heterocycles. The Kier molecular flexibility index (Phi) is 3.35. The van der Waals surface area contributed by atoms with Gasteiger partial charge in [0.1, 0.15) is 0 Å². The third-order valence-corrected chi connectivity index (χ3v) is 3.93. The molecule has 0 aliphatic carbocycles. The van der Waals surface area contributed by atoms with Gasteiger partial charge in [-0.2, -0.15) is 0 Å². The SMILES string of the molecule is O=[PH](Cl)C(Cl)(Cl)Cl. The van der Waals surface area contributed by atoms with E-state index in [4.69, 9.17) is 46.0 Å². The summed E-state index contributed by atoms with van der Waals surface area (Å²) >= 11 is 19.9. The minimum Gasteiger partial charge on any atom is -0.305 e. The topological polar surface area (TPSA) is 17.1 Å². The van der Waals surface area contributed by atoms with Crippen molar-refractivity contribution in [3.63, 3.8) is 0 Å². The summed E-state index contributed by atoms with van der Waals surface area (Å²) < 4.78 is 8.25. The van der Waals surface area contributed by atoms with Crippen LogP contribution in [0.2, 0.25) is 0 Å². The molecule has 0 N–H and O–H groups in total. The number of halogens is 4. The molecule has 0 fully saturated rings. The van der Waals surface area contributed by atoms with Crippen LogP contribution in [0.25, 0.3) is 0 Å². The Balaban J connectivity index is 3.79. The third kappa shape index (κ3) is 3.93. The molecule has 0 aliphatic rings. The van der Waals surface area contributed by atoms with Crippen LogP contribution in [0.5, 0.6) is 0 Å². The van der Waals surface area contributed by atoms with Gasteiger partial charge < -0.3 is 4.57 Å². The molecule has 44 valence electrons. The van der Waals surface area contributed by atoms with Crippen molar-refractivity contribution < 1.29 is 4.57 Å². The van der Waals surface area contributed by atoms with Gasteiger partial charge in [-0.1, -0.05) is 46.0 Å². The van der Waals surface area contributed by atoms with Crippen LogP contribution in [0.15, 0.2) is 0 Å². The Bertz CT molecular complexity index is 84.2. The highest BCUT2D eigenvalue weighted by Gasteiger charge is 2.25. The first kappa shape index (κ1) is 8.39. The zero-order valence-corrected chi connectivity index (χ0v) is 6.94.